The van der Waals surface area contributed by atoms with Crippen molar-refractivity contribution in [3.05, 3.63) is 28.2 Å². The molecule has 104 valence electrons. The third-order valence-electron chi connectivity index (χ3n) is 2.27. The van der Waals surface area contributed by atoms with E-state index in [2.05, 4.69) is 16.0 Å². The summed E-state index contributed by atoms with van der Waals surface area (Å²) in [4.78, 5) is 23.1. The van der Waals surface area contributed by atoms with Crippen molar-refractivity contribution in [2.75, 3.05) is 11.9 Å². The summed E-state index contributed by atoms with van der Waals surface area (Å²) in [6.45, 7) is 3.92. The van der Waals surface area contributed by atoms with Crippen molar-refractivity contribution in [3.63, 3.8) is 0 Å². The monoisotopic (exact) mass is 303 g/mol. The Bertz CT molecular complexity index is 480. The van der Waals surface area contributed by atoms with Crippen LogP contribution in [0.2, 0.25) is 10.0 Å². The molecule has 0 fully saturated rings. The molecular formula is C12H15Cl2N3O2. The Morgan fingerprint density at radius 2 is 1.95 bits per heavy atom. The number of anilines is 1. The molecule has 0 bridgehead atoms. The van der Waals surface area contributed by atoms with E-state index in [1.807, 2.05) is 0 Å². The average Bonchev–Trinajstić information content (AvgIpc) is 2.34. The molecule has 19 heavy (non-hydrogen) atoms. The van der Waals surface area contributed by atoms with Gasteiger partial charge in [0.2, 0.25) is 5.91 Å². The molecule has 1 atom stereocenters. The summed E-state index contributed by atoms with van der Waals surface area (Å²) in [5.41, 5.74) is 0.495. The maximum Gasteiger partial charge on any atom is 0.319 e. The number of hydrogen-bond donors (Lipinski definition) is 3. The maximum atomic E-state index is 11.6. The number of rotatable bonds is 4. The first-order valence-corrected chi connectivity index (χ1v) is 6.50. The van der Waals surface area contributed by atoms with E-state index in [-0.39, 0.29) is 5.91 Å². The standard InChI is InChI=1S/C12H15Cl2N3O2/c1-3-15-11(18)7(2)16-12(19)17-8-4-5-9(13)10(14)6-8/h4-7H,3H2,1-2H3,(H,15,18)(H2,16,17,19). The van der Waals surface area contributed by atoms with Crippen molar-refractivity contribution in [1.82, 2.24) is 10.6 Å². The molecule has 0 aliphatic rings. The lowest BCUT2D eigenvalue weighted by Gasteiger charge is -2.14. The van der Waals surface area contributed by atoms with Gasteiger partial charge < -0.3 is 16.0 Å². The smallest absolute Gasteiger partial charge is 0.319 e. The summed E-state index contributed by atoms with van der Waals surface area (Å²) in [6, 6.07) is 3.61. The molecular weight excluding hydrogens is 289 g/mol. The lowest BCUT2D eigenvalue weighted by Crippen LogP contribution is -2.46. The van der Waals surface area contributed by atoms with E-state index in [1.165, 1.54) is 6.07 Å². The van der Waals surface area contributed by atoms with E-state index in [0.29, 0.717) is 22.3 Å². The fourth-order valence-corrected chi connectivity index (χ4v) is 1.63. The van der Waals surface area contributed by atoms with E-state index in [0.717, 1.165) is 0 Å². The SMILES string of the molecule is CCNC(=O)C(C)NC(=O)Nc1ccc(Cl)c(Cl)c1. The predicted molar refractivity (Wildman–Crippen MR) is 76.8 cm³/mol. The molecule has 3 amide bonds. The van der Waals surface area contributed by atoms with Crippen LogP contribution in [0.25, 0.3) is 0 Å². The van der Waals surface area contributed by atoms with Crippen molar-refractivity contribution in [3.8, 4) is 0 Å². The molecule has 0 heterocycles. The first-order chi connectivity index (χ1) is 8.93. The average molecular weight is 304 g/mol. The van der Waals surface area contributed by atoms with Crippen molar-refractivity contribution < 1.29 is 9.59 Å². The minimum atomic E-state index is -0.622. The molecule has 0 saturated heterocycles. The molecule has 5 nitrogen and oxygen atoms in total. The summed E-state index contributed by atoms with van der Waals surface area (Å²) in [5.74, 6) is -0.244. The quantitative estimate of drug-likeness (QED) is 0.800. The largest absolute Gasteiger partial charge is 0.355 e. The van der Waals surface area contributed by atoms with Crippen molar-refractivity contribution in [2.45, 2.75) is 19.9 Å². The van der Waals surface area contributed by atoms with Gasteiger partial charge in [-0.05, 0) is 32.0 Å². The van der Waals surface area contributed by atoms with Crippen LogP contribution in [-0.4, -0.2) is 24.5 Å². The molecule has 1 unspecified atom stereocenters. The van der Waals surface area contributed by atoms with Crippen molar-refractivity contribution in [2.24, 2.45) is 0 Å². The predicted octanol–water partition coefficient (Wildman–Crippen LogP) is 2.64. The molecule has 0 aromatic heterocycles. The summed E-state index contributed by atoms with van der Waals surface area (Å²) in [7, 11) is 0. The van der Waals surface area contributed by atoms with Crippen LogP contribution in [0, 0.1) is 0 Å². The van der Waals surface area contributed by atoms with Gasteiger partial charge in [0.05, 0.1) is 10.0 Å². The number of amides is 3. The zero-order valence-electron chi connectivity index (χ0n) is 10.6. The lowest BCUT2D eigenvalue weighted by atomic mass is 10.3. The number of carbonyl (C=O) groups excluding carboxylic acids is 2. The highest BCUT2D eigenvalue weighted by atomic mass is 35.5. The van der Waals surface area contributed by atoms with Gasteiger partial charge >= 0.3 is 6.03 Å². The van der Waals surface area contributed by atoms with E-state index in [9.17, 15) is 9.59 Å². The number of carbonyl (C=O) groups is 2. The minimum Gasteiger partial charge on any atom is -0.355 e. The molecule has 0 radical (unpaired) electrons. The molecule has 0 saturated carbocycles. The molecule has 1 rings (SSSR count). The van der Waals surface area contributed by atoms with E-state index in [4.69, 9.17) is 23.2 Å². The van der Waals surface area contributed by atoms with Crippen LogP contribution in [0.4, 0.5) is 10.5 Å². The van der Waals surface area contributed by atoms with Crippen LogP contribution in [-0.2, 0) is 4.79 Å². The van der Waals surface area contributed by atoms with Gasteiger partial charge in [0.15, 0.2) is 0 Å². The fraction of sp³-hybridized carbons (Fsp3) is 0.333. The molecule has 7 heteroatoms. The molecule has 1 aromatic carbocycles. The van der Waals surface area contributed by atoms with Gasteiger partial charge in [0, 0.05) is 12.2 Å². The highest BCUT2D eigenvalue weighted by Crippen LogP contribution is 2.24. The van der Waals surface area contributed by atoms with Gasteiger partial charge in [0.25, 0.3) is 0 Å². The summed E-state index contributed by atoms with van der Waals surface area (Å²) in [6.07, 6.45) is 0. The van der Waals surface area contributed by atoms with Crippen molar-refractivity contribution >= 4 is 40.8 Å². The van der Waals surface area contributed by atoms with Crippen LogP contribution < -0.4 is 16.0 Å². The normalized spacial score (nSPS) is 11.6. The van der Waals surface area contributed by atoms with Crippen molar-refractivity contribution in [1.29, 1.82) is 0 Å². The first kappa shape index (κ1) is 15.6. The Hall–Kier alpha value is -1.46. The Kier molecular flexibility index (Phi) is 5.92. The summed E-state index contributed by atoms with van der Waals surface area (Å²) >= 11 is 11.6. The molecule has 1 aromatic rings. The second kappa shape index (κ2) is 7.21. The first-order valence-electron chi connectivity index (χ1n) is 5.74. The van der Waals surface area contributed by atoms with Crippen LogP contribution >= 0.6 is 23.2 Å². The van der Waals surface area contributed by atoms with E-state index in [1.54, 1.807) is 26.0 Å². The number of hydrogen-bond acceptors (Lipinski definition) is 2. The van der Waals surface area contributed by atoms with Gasteiger partial charge in [-0.3, -0.25) is 4.79 Å². The molecule has 0 aliphatic heterocycles. The van der Waals surface area contributed by atoms with Gasteiger partial charge in [-0.25, -0.2) is 4.79 Å². The second-order valence-corrected chi connectivity index (χ2v) is 4.66. The topological polar surface area (TPSA) is 70.2 Å². The third-order valence-corrected chi connectivity index (χ3v) is 3.01. The number of nitrogens with one attached hydrogen (secondary N) is 3. The Morgan fingerprint density at radius 3 is 2.53 bits per heavy atom. The lowest BCUT2D eigenvalue weighted by molar-refractivity contribution is -0.122. The van der Waals surface area contributed by atoms with E-state index < -0.39 is 12.1 Å². The van der Waals surface area contributed by atoms with Gasteiger partial charge in [-0.1, -0.05) is 23.2 Å². The highest BCUT2D eigenvalue weighted by Gasteiger charge is 2.14. The fourth-order valence-electron chi connectivity index (χ4n) is 1.33. The Labute approximate surface area is 121 Å². The van der Waals surface area contributed by atoms with Gasteiger partial charge in [0.1, 0.15) is 6.04 Å². The minimum absolute atomic E-state index is 0.244. The highest BCUT2D eigenvalue weighted by molar-refractivity contribution is 6.42. The summed E-state index contributed by atoms with van der Waals surface area (Å²) < 4.78 is 0. The zero-order valence-corrected chi connectivity index (χ0v) is 12.1. The maximum absolute atomic E-state index is 11.6. The summed E-state index contributed by atoms with van der Waals surface area (Å²) in [5, 5.41) is 8.43. The molecule has 0 spiro atoms. The molecule has 3 N–H and O–H groups in total. The van der Waals surface area contributed by atoms with Gasteiger partial charge in [-0.2, -0.15) is 0 Å². The molecule has 0 aliphatic carbocycles. The van der Waals surface area contributed by atoms with Crippen LogP contribution in [0.1, 0.15) is 13.8 Å². The van der Waals surface area contributed by atoms with Crippen LogP contribution in [0.15, 0.2) is 18.2 Å². The number of likely N-dealkylation sites (N-methyl/N-ethyl adjacent to an activating group) is 1. The number of benzene rings is 1. The number of halogens is 2. The third kappa shape index (κ3) is 4.96. The van der Waals surface area contributed by atoms with E-state index >= 15 is 0 Å². The Morgan fingerprint density at radius 1 is 1.26 bits per heavy atom. The van der Waals surface area contributed by atoms with Crippen LogP contribution in [0.3, 0.4) is 0 Å². The van der Waals surface area contributed by atoms with Gasteiger partial charge in [-0.15, -0.1) is 0 Å². The van der Waals surface area contributed by atoms with Crippen LogP contribution in [0.5, 0.6) is 0 Å². The number of urea groups is 1. The Balaban J connectivity index is 2.55. The second-order valence-electron chi connectivity index (χ2n) is 3.84. The zero-order chi connectivity index (χ0) is 14.4.